The van der Waals surface area contributed by atoms with Crippen LogP contribution < -0.4 is 5.56 Å². The average Bonchev–Trinajstić information content (AvgIpc) is 2.86. The van der Waals surface area contributed by atoms with Crippen LogP contribution in [0.2, 0.25) is 0 Å². The Labute approximate surface area is 127 Å². The lowest BCUT2D eigenvalue weighted by atomic mass is 10.1. The number of aryl methyl sites for hydroxylation is 3. The fourth-order valence-electron chi connectivity index (χ4n) is 2.53. The molecule has 22 heavy (non-hydrogen) atoms. The van der Waals surface area contributed by atoms with E-state index < -0.39 is 0 Å². The van der Waals surface area contributed by atoms with Crippen molar-refractivity contribution in [3.63, 3.8) is 0 Å². The highest BCUT2D eigenvalue weighted by Crippen LogP contribution is 2.11. The minimum absolute atomic E-state index is 0.118. The van der Waals surface area contributed by atoms with E-state index in [1.807, 2.05) is 32.0 Å². The van der Waals surface area contributed by atoms with Crippen LogP contribution in [0.25, 0.3) is 11.0 Å². The van der Waals surface area contributed by atoms with Crippen LogP contribution in [-0.2, 0) is 6.42 Å². The summed E-state index contributed by atoms with van der Waals surface area (Å²) in [6, 6.07) is 9.77. The van der Waals surface area contributed by atoms with Gasteiger partial charge in [-0.2, -0.15) is 0 Å². The van der Waals surface area contributed by atoms with E-state index >= 15 is 0 Å². The van der Waals surface area contributed by atoms with Gasteiger partial charge in [0.05, 0.1) is 5.39 Å². The molecule has 2 aromatic heterocycles. The highest BCUT2D eigenvalue weighted by atomic mass is 16.1. The molecular formula is C17H17N3O2. The van der Waals surface area contributed by atoms with Crippen molar-refractivity contribution in [1.82, 2.24) is 15.0 Å². The number of H-pyrrole nitrogens is 2. The number of rotatable bonds is 4. The van der Waals surface area contributed by atoms with Gasteiger partial charge in [0.1, 0.15) is 5.65 Å². The first-order valence-electron chi connectivity index (χ1n) is 7.21. The van der Waals surface area contributed by atoms with Gasteiger partial charge in [0.2, 0.25) is 0 Å². The SMILES string of the molecule is Cc1cccc(CCC(=O)c2nc3[nH]c(C)cc3c(=O)[nH]2)c1. The number of benzene rings is 1. The summed E-state index contributed by atoms with van der Waals surface area (Å²) in [5, 5.41) is 0.479. The van der Waals surface area contributed by atoms with Crippen molar-refractivity contribution < 1.29 is 4.79 Å². The highest BCUT2D eigenvalue weighted by Gasteiger charge is 2.13. The molecule has 2 N–H and O–H groups in total. The predicted molar refractivity (Wildman–Crippen MR) is 85.3 cm³/mol. The van der Waals surface area contributed by atoms with Gasteiger partial charge in [-0.25, -0.2) is 4.98 Å². The largest absolute Gasteiger partial charge is 0.343 e. The Kier molecular flexibility index (Phi) is 3.63. The zero-order valence-electron chi connectivity index (χ0n) is 12.6. The van der Waals surface area contributed by atoms with Gasteiger partial charge in [-0.05, 0) is 31.9 Å². The van der Waals surface area contributed by atoms with Crippen LogP contribution in [0.3, 0.4) is 0 Å². The summed E-state index contributed by atoms with van der Waals surface area (Å²) >= 11 is 0. The quantitative estimate of drug-likeness (QED) is 0.726. The van der Waals surface area contributed by atoms with Crippen molar-refractivity contribution >= 4 is 16.8 Å². The normalized spacial score (nSPS) is 11.0. The van der Waals surface area contributed by atoms with E-state index in [0.717, 1.165) is 11.3 Å². The van der Waals surface area contributed by atoms with E-state index in [2.05, 4.69) is 21.0 Å². The van der Waals surface area contributed by atoms with E-state index in [0.29, 0.717) is 23.9 Å². The fourth-order valence-corrected chi connectivity index (χ4v) is 2.53. The maximum atomic E-state index is 12.3. The van der Waals surface area contributed by atoms with Crippen molar-refractivity contribution in [2.24, 2.45) is 0 Å². The van der Waals surface area contributed by atoms with Gasteiger partial charge in [0.25, 0.3) is 5.56 Å². The van der Waals surface area contributed by atoms with Crippen LogP contribution in [0.5, 0.6) is 0 Å². The van der Waals surface area contributed by atoms with Gasteiger partial charge in [-0.3, -0.25) is 9.59 Å². The summed E-state index contributed by atoms with van der Waals surface area (Å²) < 4.78 is 0. The summed E-state index contributed by atoms with van der Waals surface area (Å²) in [4.78, 5) is 34.0. The third-order valence-corrected chi connectivity index (χ3v) is 3.62. The number of aromatic nitrogens is 3. The molecular weight excluding hydrogens is 278 g/mol. The Bertz CT molecular complexity index is 906. The molecule has 3 rings (SSSR count). The second-order valence-electron chi connectivity index (χ2n) is 5.54. The number of carbonyl (C=O) groups excluding carboxylic acids is 1. The molecule has 0 aliphatic heterocycles. The highest BCUT2D eigenvalue weighted by molar-refractivity contribution is 5.94. The minimum atomic E-state index is -0.284. The summed E-state index contributed by atoms with van der Waals surface area (Å²) in [7, 11) is 0. The van der Waals surface area contributed by atoms with Crippen molar-refractivity contribution in [1.29, 1.82) is 0 Å². The van der Waals surface area contributed by atoms with Crippen molar-refractivity contribution in [2.45, 2.75) is 26.7 Å². The van der Waals surface area contributed by atoms with Gasteiger partial charge < -0.3 is 9.97 Å². The van der Waals surface area contributed by atoms with Gasteiger partial charge in [-0.15, -0.1) is 0 Å². The van der Waals surface area contributed by atoms with Crippen molar-refractivity contribution in [2.75, 3.05) is 0 Å². The molecule has 0 amide bonds. The van der Waals surface area contributed by atoms with Crippen molar-refractivity contribution in [3.05, 3.63) is 63.3 Å². The molecule has 5 heteroatoms. The number of carbonyl (C=O) groups is 1. The number of aromatic amines is 2. The molecule has 5 nitrogen and oxygen atoms in total. The Morgan fingerprint density at radius 1 is 1.18 bits per heavy atom. The number of nitrogens with zero attached hydrogens (tertiary/aromatic N) is 1. The molecule has 0 saturated heterocycles. The van der Waals surface area contributed by atoms with Gasteiger partial charge in [0.15, 0.2) is 11.6 Å². The van der Waals surface area contributed by atoms with Gasteiger partial charge >= 0.3 is 0 Å². The first-order valence-corrected chi connectivity index (χ1v) is 7.21. The van der Waals surface area contributed by atoms with Crippen LogP contribution >= 0.6 is 0 Å². The van der Waals surface area contributed by atoms with E-state index in [9.17, 15) is 9.59 Å². The molecule has 3 aromatic rings. The number of fused-ring (bicyclic) bond motifs is 1. The zero-order chi connectivity index (χ0) is 15.7. The molecule has 0 saturated carbocycles. The molecule has 0 radical (unpaired) electrons. The Hall–Kier alpha value is -2.69. The van der Waals surface area contributed by atoms with E-state index in [4.69, 9.17) is 0 Å². The first kappa shape index (κ1) is 14.3. The second-order valence-corrected chi connectivity index (χ2v) is 5.54. The Balaban J connectivity index is 1.81. The predicted octanol–water partition coefficient (Wildman–Crippen LogP) is 2.68. The Morgan fingerprint density at radius 3 is 2.77 bits per heavy atom. The topological polar surface area (TPSA) is 78.6 Å². The number of hydrogen-bond donors (Lipinski definition) is 2. The van der Waals surface area contributed by atoms with Gasteiger partial charge in [-0.1, -0.05) is 29.8 Å². The molecule has 0 aliphatic rings. The lowest BCUT2D eigenvalue weighted by molar-refractivity contribution is 0.0973. The van der Waals surface area contributed by atoms with Gasteiger partial charge in [0, 0.05) is 12.1 Å². The maximum Gasteiger partial charge on any atom is 0.260 e. The molecule has 0 spiro atoms. The number of nitrogens with one attached hydrogen (secondary N) is 2. The second kappa shape index (κ2) is 5.60. The first-order chi connectivity index (χ1) is 10.5. The monoisotopic (exact) mass is 295 g/mol. The number of hydrogen-bond acceptors (Lipinski definition) is 3. The summed E-state index contributed by atoms with van der Waals surface area (Å²) in [6.07, 6.45) is 0.948. The summed E-state index contributed by atoms with van der Waals surface area (Å²) in [5.41, 5.74) is 3.29. The molecule has 0 atom stereocenters. The Morgan fingerprint density at radius 2 is 2.00 bits per heavy atom. The average molecular weight is 295 g/mol. The lowest BCUT2D eigenvalue weighted by Gasteiger charge is -2.02. The van der Waals surface area contributed by atoms with Crippen LogP contribution in [-0.4, -0.2) is 20.7 Å². The molecule has 0 fully saturated rings. The number of ketones is 1. The van der Waals surface area contributed by atoms with Crippen LogP contribution in [0.1, 0.15) is 33.9 Å². The minimum Gasteiger partial charge on any atom is -0.343 e. The number of Topliss-reactive ketones (excluding diaryl/α,β-unsaturated/α-hetero) is 1. The van der Waals surface area contributed by atoms with Crippen LogP contribution in [0.4, 0.5) is 0 Å². The maximum absolute atomic E-state index is 12.3. The van der Waals surface area contributed by atoms with E-state index in [-0.39, 0.29) is 17.2 Å². The van der Waals surface area contributed by atoms with Crippen LogP contribution in [0.15, 0.2) is 35.1 Å². The standard InChI is InChI=1S/C17H17N3O2/c1-10-4-3-5-12(8-10)6-7-14(21)16-19-15-13(17(22)20-16)9-11(2)18-15/h3-5,8-9H,6-7H2,1-2H3,(H2,18,19,20,22). The van der Waals surface area contributed by atoms with E-state index in [1.54, 1.807) is 6.07 Å². The molecule has 2 heterocycles. The molecule has 0 bridgehead atoms. The third kappa shape index (κ3) is 2.83. The lowest BCUT2D eigenvalue weighted by Crippen LogP contribution is -2.16. The van der Waals surface area contributed by atoms with Crippen molar-refractivity contribution in [3.8, 4) is 0 Å². The summed E-state index contributed by atoms with van der Waals surface area (Å²) in [6.45, 7) is 3.87. The molecule has 0 aliphatic carbocycles. The molecule has 112 valence electrons. The fraction of sp³-hybridized carbons (Fsp3) is 0.235. The van der Waals surface area contributed by atoms with Crippen LogP contribution in [0, 0.1) is 13.8 Å². The third-order valence-electron chi connectivity index (χ3n) is 3.62. The molecule has 1 aromatic carbocycles. The smallest absolute Gasteiger partial charge is 0.260 e. The molecule has 0 unspecified atom stereocenters. The van der Waals surface area contributed by atoms with E-state index in [1.165, 1.54) is 5.56 Å². The zero-order valence-corrected chi connectivity index (χ0v) is 12.6. The summed E-state index contributed by atoms with van der Waals surface area (Å²) in [5.74, 6) is -0.0419.